The Morgan fingerprint density at radius 2 is 1.68 bits per heavy atom. The van der Waals surface area contributed by atoms with Crippen molar-refractivity contribution < 1.29 is 9.59 Å². The van der Waals surface area contributed by atoms with Gasteiger partial charge in [0.05, 0.1) is 34.2 Å². The van der Waals surface area contributed by atoms with Crippen LogP contribution in [0.1, 0.15) is 27.6 Å². The molecule has 2 aromatic carbocycles. The number of carbonyl (C=O) groups is 2. The van der Waals surface area contributed by atoms with Crippen LogP contribution in [0.3, 0.4) is 0 Å². The molecule has 1 aliphatic rings. The SMILES string of the molecule is CCn1cnc2cc(N3C(=O)c4ccccc4C3=O)ccc21. The van der Waals surface area contributed by atoms with Crippen LogP contribution in [-0.4, -0.2) is 21.4 Å². The second-order valence-electron chi connectivity index (χ2n) is 5.19. The largest absolute Gasteiger partial charge is 0.331 e. The molecule has 0 saturated carbocycles. The summed E-state index contributed by atoms with van der Waals surface area (Å²) >= 11 is 0. The van der Waals surface area contributed by atoms with Gasteiger partial charge in [0.15, 0.2) is 0 Å². The lowest BCUT2D eigenvalue weighted by molar-refractivity contribution is 0.0926. The fourth-order valence-electron chi connectivity index (χ4n) is 2.87. The summed E-state index contributed by atoms with van der Waals surface area (Å²) in [5.41, 5.74) is 3.22. The number of benzene rings is 2. The Morgan fingerprint density at radius 3 is 2.32 bits per heavy atom. The van der Waals surface area contributed by atoms with Crippen LogP contribution in [0.25, 0.3) is 11.0 Å². The van der Waals surface area contributed by atoms with E-state index in [1.165, 1.54) is 4.90 Å². The van der Waals surface area contributed by atoms with Gasteiger partial charge in [-0.25, -0.2) is 9.88 Å². The lowest BCUT2D eigenvalue weighted by atomic mass is 10.1. The third-order valence-electron chi connectivity index (χ3n) is 4.00. The van der Waals surface area contributed by atoms with Crippen LogP contribution in [0, 0.1) is 0 Å². The first-order valence-electron chi connectivity index (χ1n) is 7.13. The van der Waals surface area contributed by atoms with Gasteiger partial charge in [0.1, 0.15) is 0 Å². The summed E-state index contributed by atoms with van der Waals surface area (Å²) in [6, 6.07) is 12.4. The van der Waals surface area contributed by atoms with Gasteiger partial charge in [-0.2, -0.15) is 0 Å². The van der Waals surface area contributed by atoms with Crippen molar-refractivity contribution >= 4 is 28.5 Å². The Bertz CT molecular complexity index is 892. The second kappa shape index (κ2) is 4.53. The van der Waals surface area contributed by atoms with E-state index in [4.69, 9.17) is 0 Å². The first-order valence-corrected chi connectivity index (χ1v) is 7.13. The summed E-state index contributed by atoms with van der Waals surface area (Å²) in [4.78, 5) is 30.5. The summed E-state index contributed by atoms with van der Waals surface area (Å²) in [6.45, 7) is 2.86. The molecule has 2 heterocycles. The lowest BCUT2D eigenvalue weighted by Gasteiger charge is -2.13. The molecule has 0 radical (unpaired) electrons. The molecule has 22 heavy (non-hydrogen) atoms. The number of hydrogen-bond acceptors (Lipinski definition) is 3. The molecule has 0 N–H and O–H groups in total. The van der Waals surface area contributed by atoms with Crippen molar-refractivity contribution in [1.82, 2.24) is 9.55 Å². The maximum Gasteiger partial charge on any atom is 0.266 e. The highest BCUT2D eigenvalue weighted by molar-refractivity contribution is 6.34. The number of amides is 2. The van der Waals surface area contributed by atoms with Gasteiger partial charge >= 0.3 is 0 Å². The van der Waals surface area contributed by atoms with Crippen molar-refractivity contribution in [2.45, 2.75) is 13.5 Å². The molecule has 2 amide bonds. The van der Waals surface area contributed by atoms with E-state index in [1.807, 2.05) is 17.6 Å². The molecule has 1 aromatic heterocycles. The summed E-state index contributed by atoms with van der Waals surface area (Å²) in [5, 5.41) is 0. The number of aryl methyl sites for hydroxylation is 1. The standard InChI is InChI=1S/C17H13N3O2/c1-2-19-10-18-14-9-11(7-8-15(14)19)20-16(21)12-5-3-4-6-13(12)17(20)22/h3-10H,2H2,1H3. The minimum Gasteiger partial charge on any atom is -0.331 e. The predicted octanol–water partition coefficient (Wildman–Crippen LogP) is 2.86. The molecule has 0 spiro atoms. The number of anilines is 1. The van der Waals surface area contributed by atoms with Gasteiger partial charge < -0.3 is 4.57 Å². The van der Waals surface area contributed by atoms with Gasteiger partial charge in [-0.3, -0.25) is 9.59 Å². The molecule has 3 aromatic rings. The van der Waals surface area contributed by atoms with E-state index in [0.717, 1.165) is 17.6 Å². The average molecular weight is 291 g/mol. The Morgan fingerprint density at radius 1 is 1.00 bits per heavy atom. The van der Waals surface area contributed by atoms with Crippen LogP contribution in [0.15, 0.2) is 48.8 Å². The molecule has 4 rings (SSSR count). The van der Waals surface area contributed by atoms with Crippen LogP contribution in [0.2, 0.25) is 0 Å². The molecule has 108 valence electrons. The highest BCUT2D eigenvalue weighted by Crippen LogP contribution is 2.30. The zero-order chi connectivity index (χ0) is 15.3. The molecule has 1 aliphatic heterocycles. The van der Waals surface area contributed by atoms with Crippen molar-refractivity contribution in [3.63, 3.8) is 0 Å². The smallest absolute Gasteiger partial charge is 0.266 e. The Labute approximate surface area is 126 Å². The summed E-state index contributed by atoms with van der Waals surface area (Å²) in [5.74, 6) is -0.565. The maximum atomic E-state index is 12.5. The zero-order valence-corrected chi connectivity index (χ0v) is 12.0. The van der Waals surface area contributed by atoms with E-state index in [0.29, 0.717) is 16.8 Å². The highest BCUT2D eigenvalue weighted by Gasteiger charge is 2.36. The van der Waals surface area contributed by atoms with Crippen LogP contribution in [0.4, 0.5) is 5.69 Å². The predicted molar refractivity (Wildman–Crippen MR) is 83.0 cm³/mol. The van der Waals surface area contributed by atoms with Crippen molar-refractivity contribution in [1.29, 1.82) is 0 Å². The van der Waals surface area contributed by atoms with E-state index in [2.05, 4.69) is 4.98 Å². The zero-order valence-electron chi connectivity index (χ0n) is 12.0. The van der Waals surface area contributed by atoms with Crippen LogP contribution < -0.4 is 4.90 Å². The summed E-state index contributed by atoms with van der Waals surface area (Å²) in [6.07, 6.45) is 1.76. The molecule has 0 fully saturated rings. The topological polar surface area (TPSA) is 55.2 Å². The summed E-state index contributed by atoms with van der Waals surface area (Å²) in [7, 11) is 0. The van der Waals surface area contributed by atoms with Gasteiger partial charge in [0.2, 0.25) is 0 Å². The first-order chi connectivity index (χ1) is 10.7. The average Bonchev–Trinajstić information content (AvgIpc) is 3.07. The van der Waals surface area contributed by atoms with Gasteiger partial charge in [-0.05, 0) is 37.3 Å². The van der Waals surface area contributed by atoms with Gasteiger partial charge in [-0.1, -0.05) is 12.1 Å². The number of nitrogens with zero attached hydrogens (tertiary/aromatic N) is 3. The number of imidazole rings is 1. The molecular weight excluding hydrogens is 278 g/mol. The van der Waals surface area contributed by atoms with Gasteiger partial charge in [0.25, 0.3) is 11.8 Å². The van der Waals surface area contributed by atoms with E-state index in [1.54, 1.807) is 42.7 Å². The molecule has 0 atom stereocenters. The summed E-state index contributed by atoms with van der Waals surface area (Å²) < 4.78 is 2.02. The molecule has 0 unspecified atom stereocenters. The fraction of sp³-hybridized carbons (Fsp3) is 0.118. The van der Waals surface area contributed by atoms with Gasteiger partial charge in [-0.15, -0.1) is 0 Å². The Balaban J connectivity index is 1.83. The molecule has 5 nitrogen and oxygen atoms in total. The van der Waals surface area contributed by atoms with Crippen LogP contribution in [-0.2, 0) is 6.54 Å². The number of fused-ring (bicyclic) bond motifs is 2. The van der Waals surface area contributed by atoms with E-state index >= 15 is 0 Å². The van der Waals surface area contributed by atoms with Crippen molar-refractivity contribution in [2.75, 3.05) is 4.90 Å². The monoisotopic (exact) mass is 291 g/mol. The van der Waals surface area contributed by atoms with Crippen molar-refractivity contribution in [2.24, 2.45) is 0 Å². The van der Waals surface area contributed by atoms with Crippen LogP contribution in [0.5, 0.6) is 0 Å². The third kappa shape index (κ3) is 1.62. The highest BCUT2D eigenvalue weighted by atomic mass is 16.2. The van der Waals surface area contributed by atoms with Crippen LogP contribution >= 0.6 is 0 Å². The normalized spacial score (nSPS) is 14.0. The lowest BCUT2D eigenvalue weighted by Crippen LogP contribution is -2.29. The fourth-order valence-corrected chi connectivity index (χ4v) is 2.87. The minimum absolute atomic E-state index is 0.283. The molecule has 5 heteroatoms. The number of hydrogen-bond donors (Lipinski definition) is 0. The number of carbonyl (C=O) groups excluding carboxylic acids is 2. The first kappa shape index (κ1) is 12.8. The number of rotatable bonds is 2. The van der Waals surface area contributed by atoms with Crippen molar-refractivity contribution in [3.05, 3.63) is 59.9 Å². The Hall–Kier alpha value is -2.95. The Kier molecular flexibility index (Phi) is 2.63. The maximum absolute atomic E-state index is 12.5. The van der Waals surface area contributed by atoms with Gasteiger partial charge in [0, 0.05) is 6.54 Å². The molecule has 0 bridgehead atoms. The van der Waals surface area contributed by atoms with E-state index in [9.17, 15) is 9.59 Å². The molecule has 0 aliphatic carbocycles. The third-order valence-corrected chi connectivity index (χ3v) is 4.00. The quantitative estimate of drug-likeness (QED) is 0.682. The van der Waals surface area contributed by atoms with E-state index in [-0.39, 0.29) is 11.8 Å². The van der Waals surface area contributed by atoms with E-state index < -0.39 is 0 Å². The van der Waals surface area contributed by atoms with Crippen molar-refractivity contribution in [3.8, 4) is 0 Å². The minimum atomic E-state index is -0.283. The molecular formula is C17H13N3O2. The number of imide groups is 1. The second-order valence-corrected chi connectivity index (χ2v) is 5.19. The number of aromatic nitrogens is 2. The molecule has 0 saturated heterocycles.